The van der Waals surface area contributed by atoms with E-state index in [2.05, 4.69) is 0 Å². The van der Waals surface area contributed by atoms with Crippen LogP contribution in [0.4, 0.5) is 13.6 Å². The van der Waals surface area contributed by atoms with Crippen molar-refractivity contribution < 1.29 is 41.7 Å². The maximum atomic E-state index is 15.9. The quantitative estimate of drug-likeness (QED) is 0.300. The second kappa shape index (κ2) is 11.1. The molecular formula is C33H27F2N3O8. The fraction of sp³-hybridized carbons (Fsp3) is 0.303. The Morgan fingerprint density at radius 1 is 0.913 bits per heavy atom. The van der Waals surface area contributed by atoms with Crippen molar-refractivity contribution in [2.75, 3.05) is 38.0 Å². The highest BCUT2D eigenvalue weighted by atomic mass is 19.2. The predicted octanol–water partition coefficient (Wildman–Crippen LogP) is 4.60. The number of carbonyl (C=O) groups is 2. The lowest BCUT2D eigenvalue weighted by atomic mass is 9.92. The number of nitrogens with zero attached hydrogens (tertiary/aromatic N) is 3. The number of carbonyl (C=O) groups excluding carboxylic acids is 2. The summed E-state index contributed by atoms with van der Waals surface area (Å²) in [5.41, 5.74) is 1.13. The number of morpholine rings is 1. The molecule has 0 unspecified atom stereocenters. The minimum Gasteiger partial charge on any atom is -0.464 e. The summed E-state index contributed by atoms with van der Waals surface area (Å²) in [6, 6.07) is 11.8. The summed E-state index contributed by atoms with van der Waals surface area (Å²) in [6.45, 7) is 1.29. The van der Waals surface area contributed by atoms with Gasteiger partial charge >= 0.3 is 6.16 Å². The lowest BCUT2D eigenvalue weighted by Gasteiger charge is -2.51. The Hall–Kier alpha value is -5.01. The third-order valence-electron chi connectivity index (χ3n) is 8.89. The molecule has 11 nitrogen and oxygen atoms in total. The average Bonchev–Trinajstić information content (AvgIpc) is 3.51. The van der Waals surface area contributed by atoms with Gasteiger partial charge in [-0.1, -0.05) is 30.3 Å². The second-order valence-corrected chi connectivity index (χ2v) is 11.4. The molecule has 4 aromatic rings. The highest BCUT2D eigenvalue weighted by Gasteiger charge is 2.47. The Morgan fingerprint density at radius 2 is 1.74 bits per heavy atom. The van der Waals surface area contributed by atoms with E-state index in [4.69, 9.17) is 23.4 Å². The largest absolute Gasteiger partial charge is 0.514 e. The molecule has 2 saturated heterocycles. The molecule has 1 amide bonds. The molecule has 4 aliphatic rings. The molecule has 2 fully saturated rings. The number of ether oxygens (including phenoxy) is 4. The molecule has 236 valence electrons. The number of hydrogen-bond acceptors (Lipinski definition) is 9. The monoisotopic (exact) mass is 631 g/mol. The second-order valence-electron chi connectivity index (χ2n) is 11.4. The van der Waals surface area contributed by atoms with Gasteiger partial charge in [0.05, 0.1) is 38.7 Å². The van der Waals surface area contributed by atoms with Crippen LogP contribution >= 0.6 is 0 Å². The topological polar surface area (TPSA) is 113 Å². The Labute approximate surface area is 260 Å². The first-order valence-electron chi connectivity index (χ1n) is 15.0. The fourth-order valence-corrected chi connectivity index (χ4v) is 6.83. The molecule has 2 atom stereocenters. The first kappa shape index (κ1) is 28.5. The van der Waals surface area contributed by atoms with Gasteiger partial charge in [-0.2, -0.15) is 0 Å². The van der Waals surface area contributed by atoms with Crippen molar-refractivity contribution in [2.45, 2.75) is 31.2 Å². The molecule has 0 bridgehead atoms. The molecule has 13 heteroatoms. The Bertz CT molecular complexity index is 1930. The van der Waals surface area contributed by atoms with Crippen LogP contribution < -0.4 is 15.2 Å². The van der Waals surface area contributed by atoms with Gasteiger partial charge in [-0.3, -0.25) is 19.3 Å². The van der Waals surface area contributed by atoms with Crippen LogP contribution in [0.15, 0.2) is 70.2 Å². The smallest absolute Gasteiger partial charge is 0.464 e. The standard InChI is InChI=1S/C33H27F2N3O8/c34-23-6-5-21-26(27(23)35)22-10-15-44-30(22)20-4-2-1-3-19(20)28(21)38-25-17-43-16-12-36(25)32(40)29-31(24(39)7-11-37(29)38)46-33(41)45-18-8-13-42-14-9-18/h1-7,10-11,15,18,25,28H,8-9,12-14,16-17H2/t25-,28-/m1/s1. The van der Waals surface area contributed by atoms with E-state index in [9.17, 15) is 18.8 Å². The molecule has 0 spiro atoms. The zero-order valence-corrected chi connectivity index (χ0v) is 24.3. The lowest BCUT2D eigenvalue weighted by Crippen LogP contribution is -2.66. The zero-order chi connectivity index (χ0) is 31.5. The average molecular weight is 632 g/mol. The molecule has 2 aromatic carbocycles. The van der Waals surface area contributed by atoms with Crippen LogP contribution in [0.2, 0.25) is 0 Å². The SMILES string of the molecule is O=C(Oc1c2n(ccc1=O)N([C@@H]1c3ccccc3-c3occc3-c3c1ccc(F)c3F)[C@@H]1COCCN1C2=O)OC1CCOCC1. The highest BCUT2D eigenvalue weighted by Crippen LogP contribution is 2.49. The van der Waals surface area contributed by atoms with Crippen molar-refractivity contribution >= 4 is 12.1 Å². The Kier molecular flexibility index (Phi) is 6.87. The van der Waals surface area contributed by atoms with E-state index in [1.165, 1.54) is 34.2 Å². The summed E-state index contributed by atoms with van der Waals surface area (Å²) >= 11 is 0. The lowest BCUT2D eigenvalue weighted by molar-refractivity contribution is -0.0209. The van der Waals surface area contributed by atoms with Gasteiger partial charge in [0.15, 0.2) is 17.3 Å². The summed E-state index contributed by atoms with van der Waals surface area (Å²) in [7, 11) is 0. The molecule has 46 heavy (non-hydrogen) atoms. The van der Waals surface area contributed by atoms with E-state index in [1.54, 1.807) is 11.1 Å². The number of amides is 1. The van der Waals surface area contributed by atoms with E-state index in [0.29, 0.717) is 54.1 Å². The zero-order valence-electron chi connectivity index (χ0n) is 24.3. The van der Waals surface area contributed by atoms with Crippen molar-refractivity contribution in [1.82, 2.24) is 9.58 Å². The van der Waals surface area contributed by atoms with Gasteiger partial charge in [-0.15, -0.1) is 0 Å². The van der Waals surface area contributed by atoms with Crippen LogP contribution in [-0.2, 0) is 14.2 Å². The van der Waals surface area contributed by atoms with Crippen molar-refractivity contribution in [3.63, 3.8) is 0 Å². The molecule has 8 rings (SSSR count). The van der Waals surface area contributed by atoms with Crippen LogP contribution in [0.1, 0.15) is 40.5 Å². The van der Waals surface area contributed by atoms with Gasteiger partial charge in [0.1, 0.15) is 18.0 Å². The number of furan rings is 1. The van der Waals surface area contributed by atoms with Crippen LogP contribution in [0, 0.1) is 11.6 Å². The normalized spacial score (nSPS) is 20.5. The van der Waals surface area contributed by atoms with Gasteiger partial charge in [0.2, 0.25) is 11.2 Å². The molecule has 0 N–H and O–H groups in total. The third kappa shape index (κ3) is 4.41. The number of hydrogen-bond donors (Lipinski definition) is 0. The number of benzene rings is 2. The van der Waals surface area contributed by atoms with Gasteiger partial charge in [0.25, 0.3) is 5.91 Å². The van der Waals surface area contributed by atoms with Crippen LogP contribution in [-0.4, -0.2) is 66.9 Å². The molecule has 5 heterocycles. The first-order chi connectivity index (χ1) is 22.4. The van der Waals surface area contributed by atoms with E-state index < -0.39 is 53.2 Å². The predicted molar refractivity (Wildman–Crippen MR) is 157 cm³/mol. The van der Waals surface area contributed by atoms with Crippen LogP contribution in [0.5, 0.6) is 5.75 Å². The molecule has 3 aliphatic heterocycles. The van der Waals surface area contributed by atoms with Crippen molar-refractivity contribution in [3.8, 4) is 28.2 Å². The van der Waals surface area contributed by atoms with Crippen LogP contribution in [0.3, 0.4) is 0 Å². The van der Waals surface area contributed by atoms with Gasteiger partial charge < -0.3 is 28.3 Å². The Balaban J connectivity index is 1.33. The minimum absolute atomic E-state index is 0.00392. The molecular weight excluding hydrogens is 604 g/mol. The number of pyridine rings is 1. The van der Waals surface area contributed by atoms with Gasteiger partial charge in [-0.25, -0.2) is 13.6 Å². The summed E-state index contributed by atoms with van der Waals surface area (Å²) < 4.78 is 60.2. The van der Waals surface area contributed by atoms with E-state index in [1.807, 2.05) is 24.3 Å². The van der Waals surface area contributed by atoms with Crippen molar-refractivity contribution in [1.29, 1.82) is 0 Å². The summed E-state index contributed by atoms with van der Waals surface area (Å²) in [4.78, 5) is 41.9. The maximum absolute atomic E-state index is 15.9. The van der Waals surface area contributed by atoms with E-state index in [0.717, 1.165) is 6.07 Å². The number of aromatic nitrogens is 1. The number of halogens is 2. The molecule has 2 aromatic heterocycles. The molecule has 1 aliphatic carbocycles. The first-order valence-corrected chi connectivity index (χ1v) is 15.0. The maximum Gasteiger partial charge on any atom is 0.514 e. The third-order valence-corrected chi connectivity index (χ3v) is 8.89. The summed E-state index contributed by atoms with van der Waals surface area (Å²) in [5.74, 6) is -2.79. The van der Waals surface area contributed by atoms with Crippen molar-refractivity contribution in [2.24, 2.45) is 0 Å². The van der Waals surface area contributed by atoms with Crippen LogP contribution in [0.25, 0.3) is 22.5 Å². The highest BCUT2D eigenvalue weighted by molar-refractivity contribution is 5.97. The van der Waals surface area contributed by atoms with Gasteiger partial charge in [0, 0.05) is 48.3 Å². The minimum atomic E-state index is -1.12. The summed E-state index contributed by atoms with van der Waals surface area (Å²) in [5, 5.41) is 1.77. The molecule has 0 radical (unpaired) electrons. The number of rotatable bonds is 3. The van der Waals surface area contributed by atoms with E-state index >= 15 is 4.39 Å². The molecule has 0 saturated carbocycles. The number of fused-ring (bicyclic) bond motifs is 7. The Morgan fingerprint density at radius 3 is 2.59 bits per heavy atom. The van der Waals surface area contributed by atoms with Gasteiger partial charge in [-0.05, 0) is 23.3 Å². The summed E-state index contributed by atoms with van der Waals surface area (Å²) in [6.07, 6.45) is 1.45. The fourth-order valence-electron chi connectivity index (χ4n) is 6.83. The van der Waals surface area contributed by atoms with E-state index in [-0.39, 0.29) is 31.0 Å². The van der Waals surface area contributed by atoms with Crippen molar-refractivity contribution in [3.05, 3.63) is 99.7 Å².